The van der Waals surface area contributed by atoms with E-state index in [2.05, 4.69) is 49.4 Å². The van der Waals surface area contributed by atoms with Crippen molar-refractivity contribution in [3.8, 4) is 6.01 Å². The van der Waals surface area contributed by atoms with Gasteiger partial charge in [-0.3, -0.25) is 4.79 Å². The van der Waals surface area contributed by atoms with Gasteiger partial charge in [0.25, 0.3) is 5.91 Å². The summed E-state index contributed by atoms with van der Waals surface area (Å²) in [6.45, 7) is 6.03. The molecule has 3 aromatic heterocycles. The van der Waals surface area contributed by atoms with Crippen LogP contribution in [0.3, 0.4) is 0 Å². The number of methoxy groups -OCH3 is 1. The molecule has 1 aromatic carbocycles. The van der Waals surface area contributed by atoms with E-state index in [1.165, 1.54) is 13.4 Å². The van der Waals surface area contributed by atoms with Gasteiger partial charge in [-0.1, -0.05) is 0 Å². The first-order valence-corrected chi connectivity index (χ1v) is 10.5. The summed E-state index contributed by atoms with van der Waals surface area (Å²) < 4.78 is 6.90. The molecule has 0 saturated carbocycles. The predicted octanol–water partition coefficient (Wildman–Crippen LogP) is 2.12. The number of ether oxygens (including phenoxy) is 1. The standard InChI is InChI=1S/C22H24N8O2/c1-13-10-29(11-14(2)26-13)17-7-6-15(19-16(17)9-23-22(27-19)32-3)21(31)28-20-18-5-4-8-30(18)25-12-24-20/h4-9,12-14,26H,10-11H2,1-3H3,(H,24,25,28,31)/t13-,14-/m1/s1. The second-order valence-electron chi connectivity index (χ2n) is 8.03. The molecule has 5 rings (SSSR count). The van der Waals surface area contributed by atoms with Crippen LogP contribution >= 0.6 is 0 Å². The number of piperazine rings is 1. The number of aromatic nitrogens is 5. The van der Waals surface area contributed by atoms with Gasteiger partial charge in [0.05, 0.1) is 18.2 Å². The Kier molecular flexibility index (Phi) is 5.06. The highest BCUT2D eigenvalue weighted by Gasteiger charge is 2.25. The van der Waals surface area contributed by atoms with Gasteiger partial charge in [-0.15, -0.1) is 0 Å². The molecule has 1 fully saturated rings. The predicted molar refractivity (Wildman–Crippen MR) is 121 cm³/mol. The Morgan fingerprint density at radius 1 is 1.19 bits per heavy atom. The molecule has 0 unspecified atom stereocenters. The van der Waals surface area contributed by atoms with E-state index in [0.29, 0.717) is 34.5 Å². The molecule has 0 bridgehead atoms. The fourth-order valence-corrected chi connectivity index (χ4v) is 4.31. The lowest BCUT2D eigenvalue weighted by atomic mass is 10.0. The third-order valence-corrected chi connectivity index (χ3v) is 5.60. The molecule has 1 aliphatic rings. The van der Waals surface area contributed by atoms with Crippen molar-refractivity contribution in [2.75, 3.05) is 30.4 Å². The highest BCUT2D eigenvalue weighted by atomic mass is 16.5. The second kappa shape index (κ2) is 8.04. The number of amides is 1. The fraction of sp³-hybridized carbons (Fsp3) is 0.318. The van der Waals surface area contributed by atoms with Crippen LogP contribution in [-0.2, 0) is 0 Å². The number of carbonyl (C=O) groups is 1. The monoisotopic (exact) mass is 432 g/mol. The van der Waals surface area contributed by atoms with Gasteiger partial charge in [0.1, 0.15) is 11.8 Å². The smallest absolute Gasteiger partial charge is 0.316 e. The zero-order valence-corrected chi connectivity index (χ0v) is 18.1. The van der Waals surface area contributed by atoms with E-state index in [4.69, 9.17) is 4.74 Å². The van der Waals surface area contributed by atoms with E-state index in [1.54, 1.807) is 23.0 Å². The maximum atomic E-state index is 13.3. The molecule has 32 heavy (non-hydrogen) atoms. The lowest BCUT2D eigenvalue weighted by molar-refractivity contribution is 0.102. The van der Waals surface area contributed by atoms with Gasteiger partial charge in [-0.25, -0.2) is 14.5 Å². The lowest BCUT2D eigenvalue weighted by Crippen LogP contribution is -2.54. The van der Waals surface area contributed by atoms with Crippen molar-refractivity contribution < 1.29 is 9.53 Å². The minimum Gasteiger partial charge on any atom is -0.467 e. The number of nitrogens with one attached hydrogen (secondary N) is 2. The first-order chi connectivity index (χ1) is 15.5. The normalized spacial score (nSPS) is 18.8. The van der Waals surface area contributed by atoms with Crippen molar-refractivity contribution in [1.82, 2.24) is 29.9 Å². The lowest BCUT2D eigenvalue weighted by Gasteiger charge is -2.38. The molecule has 1 amide bonds. The molecule has 1 saturated heterocycles. The highest BCUT2D eigenvalue weighted by molar-refractivity contribution is 6.14. The summed E-state index contributed by atoms with van der Waals surface area (Å²) in [5.41, 5.74) is 2.66. The third-order valence-electron chi connectivity index (χ3n) is 5.60. The number of anilines is 2. The Labute approximate surface area is 184 Å². The minimum absolute atomic E-state index is 0.210. The molecule has 0 radical (unpaired) electrons. The molecule has 2 N–H and O–H groups in total. The summed E-state index contributed by atoms with van der Waals surface area (Å²) in [5.74, 6) is 0.115. The molecule has 10 heteroatoms. The summed E-state index contributed by atoms with van der Waals surface area (Å²) >= 11 is 0. The quantitative estimate of drug-likeness (QED) is 0.505. The number of hydrogen-bond donors (Lipinski definition) is 2. The Hall–Kier alpha value is -3.79. The van der Waals surface area contributed by atoms with E-state index in [9.17, 15) is 4.79 Å². The summed E-state index contributed by atoms with van der Waals surface area (Å²) in [7, 11) is 1.51. The maximum Gasteiger partial charge on any atom is 0.316 e. The summed E-state index contributed by atoms with van der Waals surface area (Å²) in [6.07, 6.45) is 4.92. The van der Waals surface area contributed by atoms with Crippen LogP contribution in [0.4, 0.5) is 11.5 Å². The average Bonchev–Trinajstić information content (AvgIpc) is 3.27. The van der Waals surface area contributed by atoms with Crippen LogP contribution in [0.2, 0.25) is 0 Å². The number of rotatable bonds is 4. The van der Waals surface area contributed by atoms with Gasteiger partial charge in [0.15, 0.2) is 5.82 Å². The van der Waals surface area contributed by atoms with E-state index in [0.717, 1.165) is 24.2 Å². The van der Waals surface area contributed by atoms with Crippen LogP contribution in [-0.4, -0.2) is 62.8 Å². The highest BCUT2D eigenvalue weighted by Crippen LogP contribution is 2.31. The third kappa shape index (κ3) is 3.58. The van der Waals surface area contributed by atoms with Crippen molar-refractivity contribution >= 4 is 33.8 Å². The Balaban J connectivity index is 1.57. The van der Waals surface area contributed by atoms with E-state index < -0.39 is 0 Å². The van der Waals surface area contributed by atoms with E-state index >= 15 is 0 Å². The van der Waals surface area contributed by atoms with Crippen molar-refractivity contribution in [1.29, 1.82) is 0 Å². The van der Waals surface area contributed by atoms with Crippen LogP contribution in [0.5, 0.6) is 6.01 Å². The summed E-state index contributed by atoms with van der Waals surface area (Å²) in [6, 6.07) is 8.35. The van der Waals surface area contributed by atoms with Crippen molar-refractivity contribution in [2.24, 2.45) is 0 Å². The van der Waals surface area contributed by atoms with Gasteiger partial charge in [-0.2, -0.15) is 10.1 Å². The molecule has 0 spiro atoms. The van der Waals surface area contributed by atoms with Gasteiger partial charge < -0.3 is 20.3 Å². The zero-order valence-electron chi connectivity index (χ0n) is 18.1. The van der Waals surface area contributed by atoms with Gasteiger partial charge in [-0.05, 0) is 38.1 Å². The SMILES string of the molecule is COc1ncc2c(N3C[C@@H](C)N[C@H](C)C3)ccc(C(=O)Nc3ncnn4cccc34)c2n1. The number of carbonyl (C=O) groups excluding carboxylic acids is 1. The molecular formula is C22H24N8O2. The molecule has 2 atom stereocenters. The number of benzene rings is 1. The van der Waals surface area contributed by atoms with Crippen molar-refractivity contribution in [2.45, 2.75) is 25.9 Å². The molecule has 0 aliphatic carbocycles. The van der Waals surface area contributed by atoms with E-state index in [1.807, 2.05) is 18.2 Å². The zero-order chi connectivity index (χ0) is 22.2. The molecule has 4 heterocycles. The van der Waals surface area contributed by atoms with Crippen LogP contribution in [0.15, 0.2) is 43.0 Å². The Morgan fingerprint density at radius 3 is 2.78 bits per heavy atom. The molecule has 4 aromatic rings. The van der Waals surface area contributed by atoms with Gasteiger partial charge >= 0.3 is 6.01 Å². The first kappa shape index (κ1) is 20.1. The molecule has 164 valence electrons. The van der Waals surface area contributed by atoms with Crippen LogP contribution in [0.1, 0.15) is 24.2 Å². The van der Waals surface area contributed by atoms with Crippen LogP contribution in [0.25, 0.3) is 16.4 Å². The van der Waals surface area contributed by atoms with Crippen LogP contribution in [0, 0.1) is 0 Å². The second-order valence-corrected chi connectivity index (χ2v) is 8.03. The van der Waals surface area contributed by atoms with Crippen molar-refractivity contribution in [3.05, 3.63) is 48.5 Å². The average molecular weight is 432 g/mol. The summed E-state index contributed by atoms with van der Waals surface area (Å²) in [4.78, 5) is 28.6. The fourth-order valence-electron chi connectivity index (χ4n) is 4.31. The van der Waals surface area contributed by atoms with Gasteiger partial charge in [0.2, 0.25) is 0 Å². The number of fused-ring (bicyclic) bond motifs is 2. The summed E-state index contributed by atoms with van der Waals surface area (Å²) in [5, 5.41) is 11.4. The first-order valence-electron chi connectivity index (χ1n) is 10.5. The largest absolute Gasteiger partial charge is 0.467 e. The maximum absolute atomic E-state index is 13.3. The Morgan fingerprint density at radius 2 is 2.00 bits per heavy atom. The van der Waals surface area contributed by atoms with Crippen LogP contribution < -0.4 is 20.3 Å². The molecule has 1 aliphatic heterocycles. The van der Waals surface area contributed by atoms with Crippen molar-refractivity contribution in [3.63, 3.8) is 0 Å². The number of hydrogen-bond acceptors (Lipinski definition) is 8. The molecule has 10 nitrogen and oxygen atoms in total. The van der Waals surface area contributed by atoms with E-state index in [-0.39, 0.29) is 11.9 Å². The topological polar surface area (TPSA) is 110 Å². The molecular weight excluding hydrogens is 408 g/mol. The Bertz CT molecular complexity index is 1290. The van der Waals surface area contributed by atoms with Gasteiger partial charge in [0, 0.05) is 48.6 Å². The number of nitrogens with zero attached hydrogens (tertiary/aromatic N) is 6. The minimum atomic E-state index is -0.314.